The van der Waals surface area contributed by atoms with Crippen LogP contribution in [0, 0.1) is 6.92 Å². The van der Waals surface area contributed by atoms with Gasteiger partial charge in [-0.25, -0.2) is 0 Å². The Morgan fingerprint density at radius 2 is 1.55 bits per heavy atom. The Morgan fingerprint density at radius 1 is 1.05 bits per heavy atom. The van der Waals surface area contributed by atoms with Crippen LogP contribution >= 0.6 is 19.4 Å². The number of hydrogen-bond donors (Lipinski definition) is 0. The quantitative estimate of drug-likeness (QED) is 0.404. The molecule has 2 aromatic rings. The van der Waals surface area contributed by atoms with E-state index in [1.165, 1.54) is 5.56 Å². The molecule has 0 aliphatic rings. The number of aryl methyl sites for hydroxylation is 1. The first-order valence-corrected chi connectivity index (χ1v) is 10.2. The molecule has 1 aromatic carbocycles. The summed E-state index contributed by atoms with van der Waals surface area (Å²) in [5.41, 5.74) is 11.4. The zero-order valence-electron chi connectivity index (χ0n) is 11.8. The second-order valence-corrected chi connectivity index (χ2v) is 6.25. The molecule has 122 valence electrons. The Balaban J connectivity index is 0. The molecule has 0 spiro atoms. The number of rotatable bonds is 2. The summed E-state index contributed by atoms with van der Waals surface area (Å²) < 4.78 is 0. The molecule has 0 aliphatic carbocycles. The fraction of sp³-hybridized carbons (Fsp3) is 0.133. The van der Waals surface area contributed by atoms with E-state index in [2.05, 4.69) is 49.8 Å². The second-order valence-electron chi connectivity index (χ2n) is 3.61. The van der Waals surface area contributed by atoms with Crippen LogP contribution < -0.4 is 0 Å². The summed E-state index contributed by atoms with van der Waals surface area (Å²) in [5, 5.41) is 0. The summed E-state index contributed by atoms with van der Waals surface area (Å²) >= 11 is -0.346. The van der Waals surface area contributed by atoms with Crippen molar-refractivity contribution in [1.29, 1.82) is 0 Å². The molecule has 2 rings (SSSR count). The topological polar surface area (TPSA) is 70.8 Å². The molecule has 0 aliphatic heterocycles. The summed E-state index contributed by atoms with van der Waals surface area (Å²) in [5.74, 6) is 0. The van der Waals surface area contributed by atoms with Gasteiger partial charge >= 0.3 is 34.5 Å². The van der Waals surface area contributed by atoms with Gasteiger partial charge in [0.2, 0.25) is 0 Å². The molecular formula is C15H15Cl2N2O2Ru-3. The number of carbonyl (C=O) groups excluding carboxylic acids is 2. The Bertz CT molecular complexity index is 511. The molecule has 0 bridgehead atoms. The second kappa shape index (κ2) is 16.2. The van der Waals surface area contributed by atoms with Crippen LogP contribution in [-0.2, 0) is 31.3 Å². The number of nitrogens with one attached hydrogen (secondary N) is 1. The van der Waals surface area contributed by atoms with Crippen molar-refractivity contribution in [2.45, 2.75) is 13.5 Å². The van der Waals surface area contributed by atoms with Crippen LogP contribution in [0.25, 0.3) is 17.0 Å². The number of nitrogens with zero attached hydrogens (tertiary/aromatic N) is 1. The maximum atomic E-state index is 7.75. The SMILES string of the molecule is Cc1ccc(-c2cccc(C[NH-])n2)cc1.[CH-]=O.[CH-]=O.[Cl][Ru][Cl]. The molecule has 1 heterocycles. The van der Waals surface area contributed by atoms with Crippen molar-refractivity contribution in [3.63, 3.8) is 0 Å². The Hall–Kier alpha value is -1.13. The number of hydrogen-bond acceptors (Lipinski definition) is 3. The fourth-order valence-electron chi connectivity index (χ4n) is 1.46. The standard InChI is InChI=1S/C13H13N2.2CHO.2ClH.Ru/c1-10-5-7-11(8-6-10)13-4-2-3-12(9-14)15-13;2*1-2;;;/h2-8,14H,9H2,1H3;2*1H;2*1H;/q3*-1;;;+2/p-2. The van der Waals surface area contributed by atoms with E-state index in [-0.39, 0.29) is 21.7 Å². The van der Waals surface area contributed by atoms with E-state index < -0.39 is 0 Å². The normalized spacial score (nSPS) is 8.36. The molecule has 22 heavy (non-hydrogen) atoms. The number of pyridine rings is 1. The van der Waals surface area contributed by atoms with Crippen molar-refractivity contribution in [3.05, 3.63) is 59.5 Å². The van der Waals surface area contributed by atoms with Crippen LogP contribution in [0.1, 0.15) is 11.3 Å². The number of halogens is 2. The summed E-state index contributed by atoms with van der Waals surface area (Å²) in [7, 11) is 9.71. The fourth-order valence-corrected chi connectivity index (χ4v) is 1.46. The van der Waals surface area contributed by atoms with Crippen molar-refractivity contribution in [1.82, 2.24) is 4.98 Å². The van der Waals surface area contributed by atoms with Gasteiger partial charge in [-0.2, -0.15) is 0 Å². The zero-order chi connectivity index (χ0) is 17.4. The molecular weight excluding hydrogens is 412 g/mol. The molecule has 0 saturated heterocycles. The van der Waals surface area contributed by atoms with E-state index in [9.17, 15) is 0 Å². The molecule has 0 unspecified atom stereocenters. The molecule has 0 radical (unpaired) electrons. The molecule has 4 nitrogen and oxygen atoms in total. The third-order valence-electron chi connectivity index (χ3n) is 2.34. The van der Waals surface area contributed by atoms with Crippen molar-refractivity contribution >= 4 is 33.0 Å². The summed E-state index contributed by atoms with van der Waals surface area (Å²) in [4.78, 5) is 19.9. The minimum absolute atomic E-state index is 0.236. The van der Waals surface area contributed by atoms with Gasteiger partial charge in [0.1, 0.15) is 0 Å². The van der Waals surface area contributed by atoms with E-state index in [0.717, 1.165) is 17.0 Å². The van der Waals surface area contributed by atoms with Gasteiger partial charge in [-0.15, -0.1) is 6.54 Å². The third kappa shape index (κ3) is 9.75. The van der Waals surface area contributed by atoms with Crippen molar-refractivity contribution in [2.24, 2.45) is 0 Å². The zero-order valence-corrected chi connectivity index (χ0v) is 15.0. The van der Waals surface area contributed by atoms with Gasteiger partial charge in [0.05, 0.1) is 5.69 Å². The third-order valence-corrected chi connectivity index (χ3v) is 2.34. The summed E-state index contributed by atoms with van der Waals surface area (Å²) in [6.45, 7) is 8.80. The van der Waals surface area contributed by atoms with Gasteiger partial charge < -0.3 is 15.3 Å². The van der Waals surface area contributed by atoms with Crippen LogP contribution in [0.2, 0.25) is 0 Å². The Morgan fingerprint density at radius 3 is 2.00 bits per heavy atom. The van der Waals surface area contributed by atoms with Crippen molar-refractivity contribution < 1.29 is 24.7 Å². The van der Waals surface area contributed by atoms with Crippen LogP contribution in [-0.4, -0.2) is 18.6 Å². The first-order chi connectivity index (χ1) is 10.7. The van der Waals surface area contributed by atoms with Gasteiger partial charge in [0, 0.05) is 11.3 Å². The van der Waals surface area contributed by atoms with Crippen LogP contribution in [0.5, 0.6) is 0 Å². The van der Waals surface area contributed by atoms with Crippen LogP contribution in [0.4, 0.5) is 0 Å². The minimum atomic E-state index is -0.346. The van der Waals surface area contributed by atoms with E-state index >= 15 is 0 Å². The molecule has 0 saturated carbocycles. The molecule has 0 atom stereocenters. The number of benzene rings is 1. The van der Waals surface area contributed by atoms with Gasteiger partial charge in [0.25, 0.3) is 0 Å². The monoisotopic (exact) mass is 427 g/mol. The van der Waals surface area contributed by atoms with Crippen molar-refractivity contribution in [3.8, 4) is 11.3 Å². The van der Waals surface area contributed by atoms with Crippen molar-refractivity contribution in [2.75, 3.05) is 0 Å². The van der Waals surface area contributed by atoms with Gasteiger partial charge in [-0.3, -0.25) is 18.6 Å². The first-order valence-electron chi connectivity index (χ1n) is 5.71. The van der Waals surface area contributed by atoms with Crippen LogP contribution in [0.3, 0.4) is 0 Å². The number of aromatic nitrogens is 1. The predicted molar refractivity (Wildman–Crippen MR) is 87.6 cm³/mol. The van der Waals surface area contributed by atoms with E-state index in [4.69, 9.17) is 34.7 Å². The summed E-state index contributed by atoms with van der Waals surface area (Å²) in [6.07, 6.45) is 0. The first kappa shape index (κ1) is 23.1. The molecule has 0 amide bonds. The molecule has 1 N–H and O–H groups in total. The van der Waals surface area contributed by atoms with Gasteiger partial charge in [0.15, 0.2) is 0 Å². The van der Waals surface area contributed by atoms with Crippen LogP contribution in [0.15, 0.2) is 42.5 Å². The summed E-state index contributed by atoms with van der Waals surface area (Å²) in [6, 6.07) is 14.1. The molecule has 0 fully saturated rings. The Kier molecular flexibility index (Phi) is 17.1. The molecule has 1 aromatic heterocycles. The average molecular weight is 427 g/mol. The van der Waals surface area contributed by atoms with E-state index in [0.29, 0.717) is 0 Å². The Labute approximate surface area is 146 Å². The van der Waals surface area contributed by atoms with E-state index in [1.807, 2.05) is 18.2 Å². The van der Waals surface area contributed by atoms with Gasteiger partial charge in [-0.1, -0.05) is 35.9 Å². The molecule has 7 heteroatoms. The predicted octanol–water partition coefficient (Wildman–Crippen LogP) is 4.44. The average Bonchev–Trinajstić information content (AvgIpc) is 2.60. The maximum absolute atomic E-state index is 7.75. The van der Waals surface area contributed by atoms with E-state index in [1.54, 1.807) is 0 Å². The van der Waals surface area contributed by atoms with Gasteiger partial charge in [-0.05, 0) is 19.1 Å².